The van der Waals surface area contributed by atoms with Gasteiger partial charge < -0.3 is 13.7 Å². The van der Waals surface area contributed by atoms with Crippen molar-refractivity contribution in [2.24, 2.45) is 0 Å². The van der Waals surface area contributed by atoms with E-state index in [1.165, 1.54) is 25.6 Å². The summed E-state index contributed by atoms with van der Waals surface area (Å²) < 4.78 is 15.5. The third-order valence-corrected chi connectivity index (χ3v) is 12.5. The van der Waals surface area contributed by atoms with Gasteiger partial charge in [0.05, 0.1) is 16.1 Å². The number of thiophene rings is 1. The van der Waals surface area contributed by atoms with Crippen LogP contribution in [0, 0.1) is 0 Å². The zero-order valence-electron chi connectivity index (χ0n) is 30.1. The lowest BCUT2D eigenvalue weighted by atomic mass is 9.98. The van der Waals surface area contributed by atoms with Gasteiger partial charge in [-0.15, -0.1) is 11.3 Å². The predicted molar refractivity (Wildman–Crippen MR) is 237 cm³/mol. The highest BCUT2D eigenvalue weighted by atomic mass is 32.1. The number of nitrogens with zero attached hydrogens (tertiary/aromatic N) is 1. The highest BCUT2D eigenvalue weighted by Gasteiger charge is 2.22. The first-order valence-corrected chi connectivity index (χ1v) is 19.7. The Hall–Kier alpha value is -7.14. The summed E-state index contributed by atoms with van der Waals surface area (Å²) in [5.74, 6) is 0. The van der Waals surface area contributed by atoms with E-state index in [-0.39, 0.29) is 0 Å². The molecule has 0 aliphatic carbocycles. The number of furan rings is 2. The van der Waals surface area contributed by atoms with E-state index < -0.39 is 0 Å². The van der Waals surface area contributed by atoms with Crippen LogP contribution in [0.5, 0.6) is 0 Å². The molecule has 9 aromatic carbocycles. The van der Waals surface area contributed by atoms with Gasteiger partial charge >= 0.3 is 0 Å². The molecule has 0 atom stereocenters. The second-order valence-corrected chi connectivity index (χ2v) is 15.5. The Kier molecular flexibility index (Phi) is 6.80. The van der Waals surface area contributed by atoms with E-state index >= 15 is 0 Å². The molecule has 0 amide bonds. The zero-order valence-corrected chi connectivity index (χ0v) is 30.9. The third kappa shape index (κ3) is 4.70. The Labute approximate surface area is 325 Å². The number of para-hydroxylation sites is 3. The summed E-state index contributed by atoms with van der Waals surface area (Å²) in [6, 6.07) is 67.3. The first-order chi connectivity index (χ1) is 27.8. The molecule has 3 heterocycles. The number of rotatable bonds is 5. The minimum atomic E-state index is 0.888. The average molecular weight is 734 g/mol. The van der Waals surface area contributed by atoms with Gasteiger partial charge in [0.2, 0.25) is 0 Å². The molecule has 0 aliphatic rings. The summed E-state index contributed by atoms with van der Waals surface area (Å²) in [5, 5.41) is 9.35. The summed E-state index contributed by atoms with van der Waals surface area (Å²) in [5.41, 5.74) is 11.4. The maximum absolute atomic E-state index is 6.53. The van der Waals surface area contributed by atoms with Crippen LogP contribution in [0.2, 0.25) is 0 Å². The second kappa shape index (κ2) is 12.2. The van der Waals surface area contributed by atoms with Crippen LogP contribution in [-0.2, 0) is 0 Å². The molecule has 12 rings (SSSR count). The normalized spacial score (nSPS) is 11.9. The monoisotopic (exact) mass is 733 g/mol. The van der Waals surface area contributed by atoms with Gasteiger partial charge in [-0.1, -0.05) is 133 Å². The van der Waals surface area contributed by atoms with E-state index in [0.29, 0.717) is 0 Å². The van der Waals surface area contributed by atoms with Gasteiger partial charge in [0.15, 0.2) is 0 Å². The Morgan fingerprint density at radius 3 is 1.95 bits per heavy atom. The van der Waals surface area contributed by atoms with Gasteiger partial charge in [-0.05, 0) is 71.1 Å². The van der Waals surface area contributed by atoms with Gasteiger partial charge in [0.25, 0.3) is 0 Å². The molecule has 4 heteroatoms. The fourth-order valence-electron chi connectivity index (χ4n) is 8.67. The largest absolute Gasteiger partial charge is 0.455 e. The molecule has 0 fully saturated rings. The molecule has 0 aliphatic heterocycles. The predicted octanol–water partition coefficient (Wildman–Crippen LogP) is 15.8. The number of anilines is 3. The molecule has 262 valence electrons. The molecule has 3 nitrogen and oxygen atoms in total. The highest BCUT2D eigenvalue weighted by Crippen LogP contribution is 2.48. The summed E-state index contributed by atoms with van der Waals surface area (Å²) in [7, 11) is 0. The maximum Gasteiger partial charge on any atom is 0.143 e. The number of fused-ring (bicyclic) bond motifs is 11. The van der Waals surface area contributed by atoms with Crippen molar-refractivity contribution in [2.75, 3.05) is 4.90 Å². The summed E-state index contributed by atoms with van der Waals surface area (Å²) in [4.78, 5) is 2.43. The fourth-order valence-corrected chi connectivity index (χ4v) is 9.87. The lowest BCUT2D eigenvalue weighted by Gasteiger charge is -2.28. The molecule has 56 heavy (non-hydrogen) atoms. The molecule has 0 unspecified atom stereocenters. The van der Waals surface area contributed by atoms with Crippen LogP contribution in [0.25, 0.3) is 97.1 Å². The Bertz CT molecular complexity index is 3500. The number of hydrogen-bond acceptors (Lipinski definition) is 4. The molecule has 12 aromatic rings. The van der Waals surface area contributed by atoms with Crippen LogP contribution in [0.1, 0.15) is 0 Å². The fraction of sp³-hybridized carbons (Fsp3) is 0. The van der Waals surface area contributed by atoms with Crippen molar-refractivity contribution in [2.45, 2.75) is 0 Å². The van der Waals surface area contributed by atoms with Crippen LogP contribution in [-0.4, -0.2) is 0 Å². The van der Waals surface area contributed by atoms with Crippen molar-refractivity contribution in [1.82, 2.24) is 0 Å². The van der Waals surface area contributed by atoms with Gasteiger partial charge in [0.1, 0.15) is 22.3 Å². The standard InChI is InChI=1S/C52H31NO2S/c1-2-13-37-32(11-1)25-29-42-44-31-34(26-30-48(44)55-51(37)42)36-12-3-6-19-45(36)53(46-20-10-18-43-40-15-5-8-22-49(40)56-52(43)46)35-27-23-33(24-28-35)38-16-9-17-41-39-14-4-7-21-47(39)54-50(38)41/h1-31H. The minimum absolute atomic E-state index is 0.888. The van der Waals surface area contributed by atoms with Crippen LogP contribution in [0.15, 0.2) is 197 Å². The molecule has 0 radical (unpaired) electrons. The first-order valence-electron chi connectivity index (χ1n) is 18.9. The Balaban J connectivity index is 1.06. The van der Waals surface area contributed by atoms with E-state index in [2.05, 4.69) is 181 Å². The van der Waals surface area contributed by atoms with E-state index in [1.807, 2.05) is 23.5 Å². The molecular weight excluding hydrogens is 703 g/mol. The molecule has 0 saturated heterocycles. The Morgan fingerprint density at radius 2 is 1.02 bits per heavy atom. The average Bonchev–Trinajstić information content (AvgIpc) is 3.96. The van der Waals surface area contributed by atoms with Gasteiger partial charge in [-0.2, -0.15) is 0 Å². The van der Waals surface area contributed by atoms with E-state index in [9.17, 15) is 0 Å². The molecule has 0 spiro atoms. The maximum atomic E-state index is 6.53. The van der Waals surface area contributed by atoms with E-state index in [0.717, 1.165) is 88.6 Å². The van der Waals surface area contributed by atoms with Crippen LogP contribution >= 0.6 is 11.3 Å². The number of hydrogen-bond donors (Lipinski definition) is 0. The topological polar surface area (TPSA) is 29.5 Å². The van der Waals surface area contributed by atoms with E-state index in [4.69, 9.17) is 8.83 Å². The molecule has 0 N–H and O–H groups in total. The van der Waals surface area contributed by atoms with Gasteiger partial charge in [0, 0.05) is 59.2 Å². The van der Waals surface area contributed by atoms with Crippen molar-refractivity contribution < 1.29 is 8.83 Å². The molecule has 0 saturated carbocycles. The quantitative estimate of drug-likeness (QED) is 0.176. The first kappa shape index (κ1) is 31.2. The number of benzene rings is 9. The van der Waals surface area contributed by atoms with E-state index in [1.54, 1.807) is 0 Å². The summed E-state index contributed by atoms with van der Waals surface area (Å²) in [6.45, 7) is 0. The van der Waals surface area contributed by atoms with Crippen molar-refractivity contribution in [1.29, 1.82) is 0 Å². The lowest BCUT2D eigenvalue weighted by molar-refractivity contribution is 0.670. The molecule has 3 aromatic heterocycles. The van der Waals surface area contributed by atoms with Crippen LogP contribution < -0.4 is 4.90 Å². The van der Waals surface area contributed by atoms with Crippen molar-refractivity contribution >= 4 is 103 Å². The highest BCUT2D eigenvalue weighted by molar-refractivity contribution is 7.26. The van der Waals surface area contributed by atoms with Crippen molar-refractivity contribution in [3.8, 4) is 22.3 Å². The molecule has 0 bridgehead atoms. The molecular formula is C52H31NO2S. The lowest BCUT2D eigenvalue weighted by Crippen LogP contribution is -2.11. The summed E-state index contributed by atoms with van der Waals surface area (Å²) in [6.07, 6.45) is 0. The van der Waals surface area contributed by atoms with Crippen LogP contribution in [0.3, 0.4) is 0 Å². The van der Waals surface area contributed by atoms with Gasteiger partial charge in [-0.3, -0.25) is 0 Å². The van der Waals surface area contributed by atoms with Crippen LogP contribution in [0.4, 0.5) is 17.1 Å². The van der Waals surface area contributed by atoms with Crippen molar-refractivity contribution in [3.05, 3.63) is 188 Å². The van der Waals surface area contributed by atoms with Crippen molar-refractivity contribution in [3.63, 3.8) is 0 Å². The SMILES string of the molecule is c1ccc(N(c2ccc(-c3cccc4c3oc3ccccc34)cc2)c2cccc3c2sc2ccccc23)c(-c2ccc3oc4c5ccccc5ccc4c3c2)c1. The summed E-state index contributed by atoms with van der Waals surface area (Å²) >= 11 is 1.85. The third-order valence-electron chi connectivity index (χ3n) is 11.3. The van der Waals surface area contributed by atoms with Gasteiger partial charge in [-0.25, -0.2) is 0 Å². The second-order valence-electron chi connectivity index (χ2n) is 14.4. The smallest absolute Gasteiger partial charge is 0.143 e. The Morgan fingerprint density at radius 1 is 0.375 bits per heavy atom. The zero-order chi connectivity index (χ0) is 36.7. The minimum Gasteiger partial charge on any atom is -0.455 e.